The fraction of sp³-hybridized carbons (Fsp3) is 1.00. The van der Waals surface area contributed by atoms with Gasteiger partial charge < -0.3 is 4.74 Å². The van der Waals surface area contributed by atoms with Crippen LogP contribution in [-0.4, -0.2) is 13.2 Å². The molecule has 0 saturated heterocycles. The minimum atomic E-state index is 0.681. The van der Waals surface area contributed by atoms with Crippen molar-refractivity contribution < 1.29 is 4.74 Å². The van der Waals surface area contributed by atoms with E-state index in [1.54, 1.807) is 0 Å². The molecule has 0 radical (unpaired) electrons. The Bertz CT molecular complexity index is 42.0. The molecular formula is C9H22O. The summed E-state index contributed by atoms with van der Waals surface area (Å²) < 4.78 is 5.09. The molecule has 0 aliphatic heterocycles. The Labute approximate surface area is 65.8 Å². The third-order valence-electron chi connectivity index (χ3n) is 0.655. The molecule has 0 atom stereocenters. The van der Waals surface area contributed by atoms with Crippen LogP contribution in [0.15, 0.2) is 0 Å². The fourth-order valence-corrected chi connectivity index (χ4v) is 0.354. The van der Waals surface area contributed by atoms with Gasteiger partial charge in [-0.15, -0.1) is 0 Å². The molecule has 10 heavy (non-hydrogen) atoms. The molecule has 0 amide bonds. The summed E-state index contributed by atoms with van der Waals surface area (Å²) in [5, 5.41) is 0. The van der Waals surface area contributed by atoms with Crippen LogP contribution >= 0.6 is 0 Å². The van der Waals surface area contributed by atoms with Gasteiger partial charge in [0.15, 0.2) is 0 Å². The molecule has 0 N–H and O–H groups in total. The first-order valence-electron chi connectivity index (χ1n) is 4.26. The first-order chi connectivity index (χ1) is 4.68. The number of ether oxygens (including phenoxy) is 1. The smallest absolute Gasteiger partial charge is 0.0488 e. The van der Waals surface area contributed by atoms with Gasteiger partial charge in [-0.25, -0.2) is 0 Å². The maximum Gasteiger partial charge on any atom is 0.0488 e. The molecule has 0 spiro atoms. The Hall–Kier alpha value is -0.0400. The quantitative estimate of drug-likeness (QED) is 0.594. The lowest BCUT2D eigenvalue weighted by Crippen LogP contribution is -2.00. The molecule has 0 saturated carbocycles. The minimum Gasteiger partial charge on any atom is -0.381 e. The molecule has 1 heteroatoms. The van der Waals surface area contributed by atoms with E-state index in [2.05, 4.69) is 27.7 Å². The number of hydrogen-bond acceptors (Lipinski definition) is 1. The molecular weight excluding hydrogens is 124 g/mol. The molecule has 0 unspecified atom stereocenters. The monoisotopic (exact) mass is 146 g/mol. The predicted molar refractivity (Wildman–Crippen MR) is 47.3 cm³/mol. The van der Waals surface area contributed by atoms with Gasteiger partial charge in [-0.3, -0.25) is 0 Å². The van der Waals surface area contributed by atoms with Crippen molar-refractivity contribution in [2.24, 2.45) is 5.92 Å². The molecule has 0 heterocycles. The zero-order chi connectivity index (χ0) is 8.41. The van der Waals surface area contributed by atoms with Gasteiger partial charge in [0.05, 0.1) is 0 Å². The third kappa shape index (κ3) is 24.6. The van der Waals surface area contributed by atoms with Gasteiger partial charge in [0.1, 0.15) is 0 Å². The molecule has 0 aromatic heterocycles. The second kappa shape index (κ2) is 11.7. The molecule has 0 aromatic carbocycles. The van der Waals surface area contributed by atoms with E-state index < -0.39 is 0 Å². The van der Waals surface area contributed by atoms with Crippen molar-refractivity contribution in [1.29, 1.82) is 0 Å². The van der Waals surface area contributed by atoms with Crippen molar-refractivity contribution in [3.63, 3.8) is 0 Å². The van der Waals surface area contributed by atoms with E-state index in [1.807, 2.05) is 6.92 Å². The highest BCUT2D eigenvalue weighted by atomic mass is 16.5. The predicted octanol–water partition coefficient (Wildman–Crippen LogP) is 3.10. The average Bonchev–Trinajstić information content (AvgIpc) is 1.85. The summed E-state index contributed by atoms with van der Waals surface area (Å²) >= 11 is 0. The van der Waals surface area contributed by atoms with Gasteiger partial charge in [-0.2, -0.15) is 0 Å². The van der Waals surface area contributed by atoms with Crippen molar-refractivity contribution in [3.8, 4) is 0 Å². The molecule has 64 valence electrons. The largest absolute Gasteiger partial charge is 0.381 e. The Morgan fingerprint density at radius 1 is 1.10 bits per heavy atom. The van der Waals surface area contributed by atoms with E-state index in [1.165, 1.54) is 6.42 Å². The van der Waals surface area contributed by atoms with Gasteiger partial charge in [-0.1, -0.05) is 34.1 Å². The second-order valence-electron chi connectivity index (χ2n) is 2.76. The van der Waals surface area contributed by atoms with Crippen molar-refractivity contribution in [2.45, 2.75) is 41.0 Å². The average molecular weight is 146 g/mol. The van der Waals surface area contributed by atoms with E-state index in [-0.39, 0.29) is 0 Å². The maximum absolute atomic E-state index is 5.09. The SMILES string of the molecule is CCC.CCOCC(C)C. The molecule has 0 aliphatic rings. The first-order valence-corrected chi connectivity index (χ1v) is 4.26. The van der Waals surface area contributed by atoms with E-state index >= 15 is 0 Å². The van der Waals surface area contributed by atoms with Crippen LogP contribution in [0.1, 0.15) is 41.0 Å². The van der Waals surface area contributed by atoms with Crippen molar-refractivity contribution >= 4 is 0 Å². The Balaban J connectivity index is 0. The van der Waals surface area contributed by atoms with E-state index in [9.17, 15) is 0 Å². The van der Waals surface area contributed by atoms with Crippen LogP contribution in [0.25, 0.3) is 0 Å². The highest BCUT2D eigenvalue weighted by Gasteiger charge is 1.88. The molecule has 0 aliphatic carbocycles. The lowest BCUT2D eigenvalue weighted by Gasteiger charge is -2.01. The van der Waals surface area contributed by atoms with Gasteiger partial charge in [0.2, 0.25) is 0 Å². The highest BCUT2D eigenvalue weighted by Crippen LogP contribution is 1.90. The Morgan fingerprint density at radius 2 is 1.50 bits per heavy atom. The van der Waals surface area contributed by atoms with Crippen LogP contribution in [0.5, 0.6) is 0 Å². The lowest BCUT2D eigenvalue weighted by molar-refractivity contribution is 0.122. The summed E-state index contributed by atoms with van der Waals surface area (Å²) in [6, 6.07) is 0. The summed E-state index contributed by atoms with van der Waals surface area (Å²) in [6.45, 7) is 12.3. The Kier molecular flexibility index (Phi) is 14.8. The van der Waals surface area contributed by atoms with E-state index in [0.29, 0.717) is 5.92 Å². The van der Waals surface area contributed by atoms with Gasteiger partial charge in [-0.05, 0) is 12.8 Å². The van der Waals surface area contributed by atoms with Crippen LogP contribution in [0, 0.1) is 5.92 Å². The van der Waals surface area contributed by atoms with Crippen LogP contribution in [0.3, 0.4) is 0 Å². The molecule has 1 nitrogen and oxygen atoms in total. The zero-order valence-electron chi connectivity index (χ0n) is 8.11. The molecule has 0 fully saturated rings. The highest BCUT2D eigenvalue weighted by molar-refractivity contribution is 4.36. The standard InChI is InChI=1S/C6H14O.C3H8/c1-4-7-5-6(2)3;1-3-2/h6H,4-5H2,1-3H3;3H2,1-2H3. The molecule has 0 bridgehead atoms. The zero-order valence-corrected chi connectivity index (χ0v) is 8.11. The van der Waals surface area contributed by atoms with E-state index in [0.717, 1.165) is 13.2 Å². The van der Waals surface area contributed by atoms with Crippen molar-refractivity contribution in [3.05, 3.63) is 0 Å². The van der Waals surface area contributed by atoms with Crippen LogP contribution in [0.4, 0.5) is 0 Å². The maximum atomic E-state index is 5.09. The second-order valence-corrected chi connectivity index (χ2v) is 2.76. The van der Waals surface area contributed by atoms with Crippen LogP contribution < -0.4 is 0 Å². The summed E-state index contributed by atoms with van der Waals surface area (Å²) in [5.74, 6) is 0.681. The van der Waals surface area contributed by atoms with Crippen molar-refractivity contribution in [2.75, 3.05) is 13.2 Å². The minimum absolute atomic E-state index is 0.681. The normalized spacial score (nSPS) is 9.00. The Morgan fingerprint density at radius 3 is 1.60 bits per heavy atom. The summed E-state index contributed by atoms with van der Waals surface area (Å²) in [7, 11) is 0. The van der Waals surface area contributed by atoms with Gasteiger partial charge in [0.25, 0.3) is 0 Å². The van der Waals surface area contributed by atoms with Crippen molar-refractivity contribution in [1.82, 2.24) is 0 Å². The fourth-order valence-electron chi connectivity index (χ4n) is 0.354. The summed E-state index contributed by atoms with van der Waals surface area (Å²) in [4.78, 5) is 0. The molecule has 0 aromatic rings. The van der Waals surface area contributed by atoms with Crippen LogP contribution in [-0.2, 0) is 4.74 Å². The molecule has 0 rings (SSSR count). The van der Waals surface area contributed by atoms with E-state index in [4.69, 9.17) is 4.74 Å². The third-order valence-corrected chi connectivity index (χ3v) is 0.655. The first kappa shape index (κ1) is 12.6. The number of rotatable bonds is 3. The topological polar surface area (TPSA) is 9.23 Å². The summed E-state index contributed by atoms with van der Waals surface area (Å²) in [5.41, 5.74) is 0. The van der Waals surface area contributed by atoms with Crippen LogP contribution in [0.2, 0.25) is 0 Å². The lowest BCUT2D eigenvalue weighted by atomic mass is 10.2. The van der Waals surface area contributed by atoms with Gasteiger partial charge >= 0.3 is 0 Å². The summed E-state index contributed by atoms with van der Waals surface area (Å²) in [6.07, 6.45) is 1.25. The number of hydrogen-bond donors (Lipinski definition) is 0. The van der Waals surface area contributed by atoms with Gasteiger partial charge in [0, 0.05) is 13.2 Å².